The maximum atomic E-state index is 11.7. The van der Waals surface area contributed by atoms with Crippen molar-refractivity contribution in [3.63, 3.8) is 0 Å². The van der Waals surface area contributed by atoms with Crippen LogP contribution in [0.25, 0.3) is 0 Å². The molecule has 1 aliphatic heterocycles. The van der Waals surface area contributed by atoms with Gasteiger partial charge in [0.15, 0.2) is 0 Å². The van der Waals surface area contributed by atoms with Crippen molar-refractivity contribution in [1.82, 2.24) is 14.7 Å². The van der Waals surface area contributed by atoms with Crippen molar-refractivity contribution in [1.29, 1.82) is 0 Å². The first kappa shape index (κ1) is 14.1. The van der Waals surface area contributed by atoms with Crippen LogP contribution < -0.4 is 0 Å². The van der Waals surface area contributed by atoms with E-state index < -0.39 is 11.5 Å². The highest BCUT2D eigenvalue weighted by Gasteiger charge is 2.46. The molecule has 1 N–H and O–H groups in total. The number of carbonyl (C=O) groups is 1. The SMILES string of the molecule is CCn1nc(C)cc1CN1CCCC1(CC)C(=O)O. The van der Waals surface area contributed by atoms with Gasteiger partial charge in [-0.05, 0) is 45.7 Å². The van der Waals surface area contributed by atoms with Crippen LogP contribution in [0.5, 0.6) is 0 Å². The standard InChI is InChI=1S/C14H23N3O2/c1-4-14(13(18)19)7-6-8-16(14)10-12-9-11(3)15-17(12)5-2/h9H,4-8,10H2,1-3H3,(H,18,19). The normalized spacial score (nSPS) is 23.9. The Labute approximate surface area is 114 Å². The molecule has 1 aliphatic rings. The fourth-order valence-electron chi connectivity index (χ4n) is 3.15. The van der Waals surface area contributed by atoms with Gasteiger partial charge in [-0.25, -0.2) is 0 Å². The summed E-state index contributed by atoms with van der Waals surface area (Å²) in [6.07, 6.45) is 2.36. The van der Waals surface area contributed by atoms with E-state index >= 15 is 0 Å². The second-order valence-corrected chi connectivity index (χ2v) is 5.31. The molecular formula is C14H23N3O2. The van der Waals surface area contributed by atoms with Crippen LogP contribution in [0.1, 0.15) is 44.5 Å². The molecule has 0 aromatic carbocycles. The lowest BCUT2D eigenvalue weighted by Crippen LogP contribution is -2.49. The van der Waals surface area contributed by atoms with Crippen LogP contribution in [0, 0.1) is 6.92 Å². The molecule has 0 radical (unpaired) electrons. The van der Waals surface area contributed by atoms with Crippen molar-refractivity contribution in [2.75, 3.05) is 6.54 Å². The third kappa shape index (κ3) is 2.39. The summed E-state index contributed by atoms with van der Waals surface area (Å²) in [6, 6.07) is 2.06. The van der Waals surface area contributed by atoms with Gasteiger partial charge >= 0.3 is 5.97 Å². The first-order chi connectivity index (χ1) is 9.03. The smallest absolute Gasteiger partial charge is 0.324 e. The summed E-state index contributed by atoms with van der Waals surface area (Å²) < 4.78 is 1.97. The minimum absolute atomic E-state index is 0.654. The average Bonchev–Trinajstić information content (AvgIpc) is 2.94. The lowest BCUT2D eigenvalue weighted by Gasteiger charge is -2.33. The zero-order valence-corrected chi connectivity index (χ0v) is 12.0. The molecule has 1 aromatic rings. The predicted molar refractivity (Wildman–Crippen MR) is 72.9 cm³/mol. The van der Waals surface area contributed by atoms with Crippen LogP contribution in [-0.4, -0.2) is 37.8 Å². The third-order valence-corrected chi connectivity index (χ3v) is 4.24. The Morgan fingerprint density at radius 1 is 1.53 bits per heavy atom. The third-order valence-electron chi connectivity index (χ3n) is 4.24. The molecule has 5 nitrogen and oxygen atoms in total. The Balaban J connectivity index is 2.24. The minimum Gasteiger partial charge on any atom is -0.480 e. The molecule has 1 aromatic heterocycles. The summed E-state index contributed by atoms with van der Waals surface area (Å²) in [6.45, 7) is 8.36. The lowest BCUT2D eigenvalue weighted by molar-refractivity contribution is -0.150. The van der Waals surface area contributed by atoms with Crippen molar-refractivity contribution in [2.24, 2.45) is 0 Å². The van der Waals surface area contributed by atoms with Gasteiger partial charge in [0.2, 0.25) is 0 Å². The Bertz CT molecular complexity index is 469. The molecule has 1 fully saturated rings. The van der Waals surface area contributed by atoms with Gasteiger partial charge in [-0.1, -0.05) is 6.92 Å². The minimum atomic E-state index is -0.688. The second kappa shape index (κ2) is 5.33. The highest BCUT2D eigenvalue weighted by atomic mass is 16.4. The molecule has 1 atom stereocenters. The fraction of sp³-hybridized carbons (Fsp3) is 0.714. The van der Waals surface area contributed by atoms with E-state index in [0.717, 1.165) is 37.3 Å². The van der Waals surface area contributed by atoms with E-state index in [1.54, 1.807) is 0 Å². The Morgan fingerprint density at radius 3 is 2.84 bits per heavy atom. The first-order valence-corrected chi connectivity index (χ1v) is 7.05. The van der Waals surface area contributed by atoms with Crippen LogP contribution in [0.4, 0.5) is 0 Å². The molecule has 0 bridgehead atoms. The number of carboxylic acids is 1. The highest BCUT2D eigenvalue weighted by molar-refractivity contribution is 5.79. The largest absolute Gasteiger partial charge is 0.480 e. The summed E-state index contributed by atoms with van der Waals surface area (Å²) in [5, 5.41) is 14.0. The van der Waals surface area contributed by atoms with E-state index in [1.807, 2.05) is 18.5 Å². The maximum absolute atomic E-state index is 11.7. The van der Waals surface area contributed by atoms with Crippen LogP contribution in [0.15, 0.2) is 6.07 Å². The van der Waals surface area contributed by atoms with Gasteiger partial charge in [0.25, 0.3) is 0 Å². The van der Waals surface area contributed by atoms with Crippen molar-refractivity contribution < 1.29 is 9.90 Å². The molecule has 1 saturated heterocycles. The molecule has 106 valence electrons. The number of nitrogens with zero attached hydrogens (tertiary/aromatic N) is 3. The topological polar surface area (TPSA) is 58.4 Å². The van der Waals surface area contributed by atoms with E-state index in [0.29, 0.717) is 13.0 Å². The van der Waals surface area contributed by atoms with Gasteiger partial charge in [0.1, 0.15) is 5.54 Å². The number of aryl methyl sites for hydroxylation is 2. The van der Waals surface area contributed by atoms with E-state index in [4.69, 9.17) is 0 Å². The second-order valence-electron chi connectivity index (χ2n) is 5.31. The van der Waals surface area contributed by atoms with Crippen LogP contribution in [0.3, 0.4) is 0 Å². The Morgan fingerprint density at radius 2 is 2.26 bits per heavy atom. The Kier molecular flexibility index (Phi) is 3.94. The van der Waals surface area contributed by atoms with Crippen molar-refractivity contribution >= 4 is 5.97 Å². The quantitative estimate of drug-likeness (QED) is 0.885. The molecule has 5 heteroatoms. The molecular weight excluding hydrogens is 242 g/mol. The number of hydrogen-bond donors (Lipinski definition) is 1. The van der Waals surface area contributed by atoms with E-state index in [1.165, 1.54) is 0 Å². The number of likely N-dealkylation sites (tertiary alicyclic amines) is 1. The molecule has 19 heavy (non-hydrogen) atoms. The van der Waals surface area contributed by atoms with E-state index in [9.17, 15) is 9.90 Å². The molecule has 0 amide bonds. The van der Waals surface area contributed by atoms with Crippen LogP contribution in [0.2, 0.25) is 0 Å². The molecule has 0 saturated carbocycles. The molecule has 0 spiro atoms. The summed E-state index contributed by atoms with van der Waals surface area (Å²) in [7, 11) is 0. The number of aromatic nitrogens is 2. The molecule has 2 rings (SSSR count). The molecule has 2 heterocycles. The first-order valence-electron chi connectivity index (χ1n) is 7.05. The summed E-state index contributed by atoms with van der Waals surface area (Å²) in [5.74, 6) is -0.688. The summed E-state index contributed by atoms with van der Waals surface area (Å²) >= 11 is 0. The summed E-state index contributed by atoms with van der Waals surface area (Å²) in [4.78, 5) is 13.8. The van der Waals surface area contributed by atoms with Gasteiger partial charge in [0, 0.05) is 13.1 Å². The monoisotopic (exact) mass is 265 g/mol. The maximum Gasteiger partial charge on any atom is 0.324 e. The Hall–Kier alpha value is -1.36. The van der Waals surface area contributed by atoms with Crippen molar-refractivity contribution in [3.05, 3.63) is 17.5 Å². The van der Waals surface area contributed by atoms with Crippen molar-refractivity contribution in [2.45, 2.75) is 58.7 Å². The number of carboxylic acid groups (broad SMARTS) is 1. The lowest BCUT2D eigenvalue weighted by atomic mass is 9.93. The van der Waals surface area contributed by atoms with Crippen LogP contribution in [-0.2, 0) is 17.9 Å². The molecule has 1 unspecified atom stereocenters. The van der Waals surface area contributed by atoms with Gasteiger partial charge in [-0.2, -0.15) is 5.10 Å². The highest BCUT2D eigenvalue weighted by Crippen LogP contribution is 2.34. The van der Waals surface area contributed by atoms with Gasteiger partial charge in [0.05, 0.1) is 11.4 Å². The van der Waals surface area contributed by atoms with Crippen molar-refractivity contribution in [3.8, 4) is 0 Å². The number of aliphatic carboxylic acids is 1. The number of hydrogen-bond acceptors (Lipinski definition) is 3. The number of rotatable bonds is 5. The summed E-state index contributed by atoms with van der Waals surface area (Å²) in [5.41, 5.74) is 1.42. The van der Waals surface area contributed by atoms with Gasteiger partial charge in [-0.3, -0.25) is 14.4 Å². The zero-order chi connectivity index (χ0) is 14.0. The molecule has 0 aliphatic carbocycles. The van der Waals surface area contributed by atoms with Gasteiger partial charge in [-0.15, -0.1) is 0 Å². The average molecular weight is 265 g/mol. The van der Waals surface area contributed by atoms with Crippen LogP contribution >= 0.6 is 0 Å². The van der Waals surface area contributed by atoms with Gasteiger partial charge < -0.3 is 5.11 Å². The predicted octanol–water partition coefficient (Wildman–Crippen LogP) is 2.04. The van der Waals surface area contributed by atoms with E-state index in [2.05, 4.69) is 23.0 Å². The van der Waals surface area contributed by atoms with E-state index in [-0.39, 0.29) is 0 Å². The zero-order valence-electron chi connectivity index (χ0n) is 12.0. The fourth-order valence-corrected chi connectivity index (χ4v) is 3.15.